The van der Waals surface area contributed by atoms with E-state index in [0.717, 1.165) is 22.4 Å². The summed E-state index contributed by atoms with van der Waals surface area (Å²) < 4.78 is 12.9. The SMILES string of the molecule is COc1cc2nc(/C=C/c3ccccc3)n(CCN)c2cc1OC. The Balaban J connectivity index is 2.09. The second-order valence-electron chi connectivity index (χ2n) is 5.35. The van der Waals surface area contributed by atoms with E-state index in [2.05, 4.69) is 16.7 Å². The first-order chi connectivity index (χ1) is 11.8. The minimum absolute atomic E-state index is 0.534. The third-order valence-corrected chi connectivity index (χ3v) is 3.86. The van der Waals surface area contributed by atoms with E-state index in [1.165, 1.54) is 0 Å². The number of hydrogen-bond acceptors (Lipinski definition) is 4. The smallest absolute Gasteiger partial charge is 0.163 e. The molecule has 0 amide bonds. The number of ether oxygens (including phenoxy) is 2. The number of hydrogen-bond donors (Lipinski definition) is 1. The van der Waals surface area contributed by atoms with Crippen molar-refractivity contribution in [1.82, 2.24) is 9.55 Å². The lowest BCUT2D eigenvalue weighted by molar-refractivity contribution is 0.355. The third-order valence-electron chi connectivity index (χ3n) is 3.86. The van der Waals surface area contributed by atoms with Crippen LogP contribution in [0.25, 0.3) is 23.2 Å². The van der Waals surface area contributed by atoms with E-state index in [0.29, 0.717) is 24.6 Å². The van der Waals surface area contributed by atoms with Gasteiger partial charge in [0.05, 0.1) is 25.3 Å². The van der Waals surface area contributed by atoms with Crippen LogP contribution in [0.15, 0.2) is 42.5 Å². The first kappa shape index (κ1) is 16.1. The fraction of sp³-hybridized carbons (Fsp3) is 0.211. The van der Waals surface area contributed by atoms with Crippen molar-refractivity contribution in [1.29, 1.82) is 0 Å². The van der Waals surface area contributed by atoms with Gasteiger partial charge in [-0.3, -0.25) is 0 Å². The summed E-state index contributed by atoms with van der Waals surface area (Å²) in [5.74, 6) is 2.21. The molecule has 0 saturated carbocycles. The fourth-order valence-corrected chi connectivity index (χ4v) is 2.70. The van der Waals surface area contributed by atoms with Crippen LogP contribution in [0.4, 0.5) is 0 Å². The van der Waals surface area contributed by atoms with Crippen molar-refractivity contribution >= 4 is 23.2 Å². The normalized spacial score (nSPS) is 11.3. The molecule has 0 radical (unpaired) electrons. The fourth-order valence-electron chi connectivity index (χ4n) is 2.70. The van der Waals surface area contributed by atoms with Crippen molar-refractivity contribution in [3.8, 4) is 11.5 Å². The highest BCUT2D eigenvalue weighted by Gasteiger charge is 2.13. The number of benzene rings is 2. The maximum atomic E-state index is 5.78. The Bertz CT molecular complexity index is 854. The van der Waals surface area contributed by atoms with Gasteiger partial charge in [-0.15, -0.1) is 0 Å². The number of fused-ring (bicyclic) bond motifs is 1. The van der Waals surface area contributed by atoms with Crippen molar-refractivity contribution < 1.29 is 9.47 Å². The van der Waals surface area contributed by atoms with Crippen LogP contribution >= 0.6 is 0 Å². The molecule has 0 bridgehead atoms. The highest BCUT2D eigenvalue weighted by molar-refractivity contribution is 5.83. The molecule has 1 aromatic heterocycles. The number of nitrogens with zero attached hydrogens (tertiary/aromatic N) is 2. The lowest BCUT2D eigenvalue weighted by atomic mass is 10.2. The van der Waals surface area contributed by atoms with Crippen molar-refractivity contribution in [3.05, 3.63) is 53.9 Å². The Labute approximate surface area is 141 Å². The maximum absolute atomic E-state index is 5.78. The van der Waals surface area contributed by atoms with Gasteiger partial charge in [0.1, 0.15) is 5.82 Å². The summed E-state index contributed by atoms with van der Waals surface area (Å²) in [5, 5.41) is 0. The molecule has 0 fully saturated rings. The first-order valence-corrected chi connectivity index (χ1v) is 7.82. The van der Waals surface area contributed by atoms with Gasteiger partial charge in [-0.25, -0.2) is 4.98 Å². The molecule has 0 aliphatic carbocycles. The zero-order chi connectivity index (χ0) is 16.9. The molecule has 0 aliphatic heterocycles. The molecular formula is C19H21N3O2. The topological polar surface area (TPSA) is 62.3 Å². The monoisotopic (exact) mass is 323 g/mol. The van der Waals surface area contributed by atoms with Gasteiger partial charge in [0, 0.05) is 25.2 Å². The highest BCUT2D eigenvalue weighted by Crippen LogP contribution is 2.32. The number of nitrogens with two attached hydrogens (primary N) is 1. The van der Waals surface area contributed by atoms with Gasteiger partial charge in [0.15, 0.2) is 11.5 Å². The quantitative estimate of drug-likeness (QED) is 0.757. The van der Waals surface area contributed by atoms with Crippen molar-refractivity contribution in [2.45, 2.75) is 6.54 Å². The molecule has 1 heterocycles. The predicted octanol–water partition coefficient (Wildman–Crippen LogP) is 3.18. The summed E-state index contributed by atoms with van der Waals surface area (Å²) in [4.78, 5) is 4.72. The summed E-state index contributed by atoms with van der Waals surface area (Å²) in [6, 6.07) is 14.0. The lowest BCUT2D eigenvalue weighted by Crippen LogP contribution is -2.11. The average molecular weight is 323 g/mol. The molecule has 5 heteroatoms. The van der Waals surface area contributed by atoms with Crippen molar-refractivity contribution in [2.75, 3.05) is 20.8 Å². The van der Waals surface area contributed by atoms with Crippen LogP contribution in [0.2, 0.25) is 0 Å². The third kappa shape index (κ3) is 3.12. The zero-order valence-corrected chi connectivity index (χ0v) is 13.9. The van der Waals surface area contributed by atoms with Gasteiger partial charge in [-0.05, 0) is 11.6 Å². The van der Waals surface area contributed by atoms with Crippen LogP contribution in [0.1, 0.15) is 11.4 Å². The van der Waals surface area contributed by atoms with E-state index >= 15 is 0 Å². The Kier molecular flexibility index (Phi) is 4.82. The largest absolute Gasteiger partial charge is 0.493 e. The highest BCUT2D eigenvalue weighted by atomic mass is 16.5. The number of imidazole rings is 1. The van der Waals surface area contributed by atoms with Crippen molar-refractivity contribution in [2.24, 2.45) is 5.73 Å². The van der Waals surface area contributed by atoms with Crippen LogP contribution in [-0.4, -0.2) is 30.3 Å². The van der Waals surface area contributed by atoms with Gasteiger partial charge < -0.3 is 19.8 Å². The first-order valence-electron chi connectivity index (χ1n) is 7.82. The average Bonchev–Trinajstić information content (AvgIpc) is 2.96. The second kappa shape index (κ2) is 7.19. The van der Waals surface area contributed by atoms with E-state index in [9.17, 15) is 0 Å². The van der Waals surface area contributed by atoms with Gasteiger partial charge >= 0.3 is 0 Å². The van der Waals surface area contributed by atoms with E-state index < -0.39 is 0 Å². The molecular weight excluding hydrogens is 302 g/mol. The summed E-state index contributed by atoms with van der Waals surface area (Å²) in [7, 11) is 3.25. The summed E-state index contributed by atoms with van der Waals surface area (Å²) >= 11 is 0. The number of aromatic nitrogens is 2. The second-order valence-corrected chi connectivity index (χ2v) is 5.35. The number of rotatable bonds is 6. The van der Waals surface area contributed by atoms with Crippen LogP contribution in [-0.2, 0) is 6.54 Å². The standard InChI is InChI=1S/C19H21N3O2/c1-23-17-12-15-16(13-18(17)24-2)22(11-10-20)19(21-15)9-8-14-6-4-3-5-7-14/h3-9,12-13H,10-11,20H2,1-2H3/b9-8+. The Hall–Kier alpha value is -2.79. The van der Waals surface area contributed by atoms with E-state index in [1.54, 1.807) is 14.2 Å². The van der Waals surface area contributed by atoms with Crippen LogP contribution < -0.4 is 15.2 Å². The van der Waals surface area contributed by atoms with E-state index in [1.807, 2.05) is 42.5 Å². The Morgan fingerprint density at radius 3 is 2.42 bits per heavy atom. The molecule has 5 nitrogen and oxygen atoms in total. The Morgan fingerprint density at radius 1 is 1.04 bits per heavy atom. The molecule has 0 atom stereocenters. The molecule has 0 saturated heterocycles. The minimum atomic E-state index is 0.534. The van der Waals surface area contributed by atoms with Crippen molar-refractivity contribution in [3.63, 3.8) is 0 Å². The van der Waals surface area contributed by atoms with Gasteiger partial charge in [0.25, 0.3) is 0 Å². The zero-order valence-electron chi connectivity index (χ0n) is 13.9. The number of methoxy groups -OCH3 is 2. The molecule has 2 N–H and O–H groups in total. The van der Waals surface area contributed by atoms with Gasteiger partial charge in [-0.1, -0.05) is 36.4 Å². The molecule has 0 spiro atoms. The predicted molar refractivity (Wildman–Crippen MR) is 97.3 cm³/mol. The van der Waals surface area contributed by atoms with Gasteiger partial charge in [-0.2, -0.15) is 0 Å². The summed E-state index contributed by atoms with van der Waals surface area (Å²) in [6.07, 6.45) is 4.05. The van der Waals surface area contributed by atoms with Crippen LogP contribution in [0.3, 0.4) is 0 Å². The molecule has 0 unspecified atom stereocenters. The Morgan fingerprint density at radius 2 is 1.75 bits per heavy atom. The van der Waals surface area contributed by atoms with E-state index in [4.69, 9.17) is 20.2 Å². The van der Waals surface area contributed by atoms with Crippen LogP contribution in [0, 0.1) is 0 Å². The summed E-state index contributed by atoms with van der Waals surface area (Å²) in [5.41, 5.74) is 8.74. The minimum Gasteiger partial charge on any atom is -0.493 e. The van der Waals surface area contributed by atoms with Gasteiger partial charge in [0.2, 0.25) is 0 Å². The molecule has 2 aromatic carbocycles. The molecule has 124 valence electrons. The maximum Gasteiger partial charge on any atom is 0.163 e. The molecule has 3 aromatic rings. The molecule has 3 rings (SSSR count). The van der Waals surface area contributed by atoms with Crippen LogP contribution in [0.5, 0.6) is 11.5 Å². The molecule has 0 aliphatic rings. The lowest BCUT2D eigenvalue weighted by Gasteiger charge is -2.09. The summed E-state index contributed by atoms with van der Waals surface area (Å²) in [6.45, 7) is 1.21. The van der Waals surface area contributed by atoms with E-state index in [-0.39, 0.29) is 0 Å². The molecule has 24 heavy (non-hydrogen) atoms.